The minimum atomic E-state index is -0.531. The van der Waals surface area contributed by atoms with E-state index in [4.69, 9.17) is 23.1 Å². The molecule has 4 nitrogen and oxygen atoms in total. The molecule has 2 heterocycles. The third-order valence-corrected chi connectivity index (χ3v) is 8.10. The first-order chi connectivity index (χ1) is 27.4. The highest BCUT2D eigenvalue weighted by Crippen LogP contribution is 2.37. The Bertz CT molecular complexity index is 3090. The molecule has 2 aromatic heterocycles. The van der Waals surface area contributed by atoms with Gasteiger partial charge in [-0.2, -0.15) is 0 Å². The van der Waals surface area contributed by atoms with Gasteiger partial charge in [-0.1, -0.05) is 139 Å². The van der Waals surface area contributed by atoms with Gasteiger partial charge in [0, 0.05) is 27.5 Å². The van der Waals surface area contributed by atoms with E-state index in [2.05, 4.69) is 9.97 Å². The molecule has 0 N–H and O–H groups in total. The summed E-state index contributed by atoms with van der Waals surface area (Å²) in [5.41, 5.74) is 5.00. The predicted octanol–water partition coefficient (Wildman–Crippen LogP) is 11.3. The molecule has 4 heteroatoms. The molecule has 47 heavy (non-hydrogen) atoms. The van der Waals surface area contributed by atoms with Crippen LogP contribution in [0.4, 0.5) is 0 Å². The predicted molar refractivity (Wildman–Crippen MR) is 192 cm³/mol. The molecule has 0 aliphatic heterocycles. The summed E-state index contributed by atoms with van der Waals surface area (Å²) in [5, 5.41) is 3.45. The Labute approximate surface area is 285 Å². The highest BCUT2D eigenvalue weighted by molar-refractivity contribution is 6.12. The van der Waals surface area contributed by atoms with Crippen molar-refractivity contribution in [2.75, 3.05) is 0 Å². The van der Waals surface area contributed by atoms with Gasteiger partial charge in [-0.05, 0) is 57.3 Å². The lowest BCUT2D eigenvalue weighted by Crippen LogP contribution is -2.00. The minimum absolute atomic E-state index is 0.0951. The number of nitrogens with zero attached hydrogens (tertiary/aromatic N) is 3. The van der Waals surface area contributed by atoms with Gasteiger partial charge < -0.3 is 4.42 Å². The Hall–Kier alpha value is -6.39. The molecule has 0 radical (unpaired) electrons. The van der Waals surface area contributed by atoms with Crippen LogP contribution in [0.3, 0.4) is 0 Å². The lowest BCUT2D eigenvalue weighted by Gasteiger charge is -2.10. The fourth-order valence-electron chi connectivity index (χ4n) is 5.86. The number of para-hydroxylation sites is 1. The number of fused-ring (bicyclic) bond motifs is 4. The van der Waals surface area contributed by atoms with Crippen molar-refractivity contribution in [1.82, 2.24) is 15.0 Å². The van der Waals surface area contributed by atoms with Gasteiger partial charge >= 0.3 is 0 Å². The fraction of sp³-hybridized carbons (Fsp3) is 0. The van der Waals surface area contributed by atoms with Crippen molar-refractivity contribution in [2.45, 2.75) is 0 Å². The topological polar surface area (TPSA) is 51.8 Å². The van der Waals surface area contributed by atoms with Gasteiger partial charge in [-0.3, -0.25) is 0 Å². The van der Waals surface area contributed by atoms with Crippen LogP contribution >= 0.6 is 0 Å². The van der Waals surface area contributed by atoms with Crippen molar-refractivity contribution in [2.24, 2.45) is 0 Å². The van der Waals surface area contributed by atoms with E-state index in [1.807, 2.05) is 72.8 Å². The summed E-state index contributed by atoms with van der Waals surface area (Å²) in [4.78, 5) is 14.2. The molecule has 0 atom stereocenters. The summed E-state index contributed by atoms with van der Waals surface area (Å²) >= 11 is 0. The normalized spacial score (nSPS) is 14.4. The van der Waals surface area contributed by atoms with E-state index in [0.29, 0.717) is 16.7 Å². The Kier molecular flexibility index (Phi) is 4.42. The molecule has 0 fully saturated rings. The molecule has 0 bridgehead atoms. The van der Waals surface area contributed by atoms with Gasteiger partial charge in [0.1, 0.15) is 11.2 Å². The van der Waals surface area contributed by atoms with Crippen LogP contribution < -0.4 is 0 Å². The molecule has 7 aromatic carbocycles. The Balaban J connectivity index is 1.18. The Morgan fingerprint density at radius 2 is 0.979 bits per heavy atom. The van der Waals surface area contributed by atoms with Crippen LogP contribution in [-0.4, -0.2) is 15.0 Å². The number of hydrogen-bond acceptors (Lipinski definition) is 4. The minimum Gasteiger partial charge on any atom is -0.456 e. The molecule has 0 saturated heterocycles. The van der Waals surface area contributed by atoms with E-state index in [0.717, 1.165) is 43.8 Å². The van der Waals surface area contributed by atoms with Gasteiger partial charge in [0.2, 0.25) is 0 Å². The number of benzene rings is 7. The third kappa shape index (κ3) is 4.93. The van der Waals surface area contributed by atoms with Crippen LogP contribution in [-0.2, 0) is 0 Å². The van der Waals surface area contributed by atoms with E-state index in [1.165, 1.54) is 0 Å². The van der Waals surface area contributed by atoms with Crippen LogP contribution in [0.1, 0.15) is 13.7 Å². The van der Waals surface area contributed by atoms with E-state index in [-0.39, 0.29) is 40.7 Å². The third-order valence-electron chi connectivity index (χ3n) is 8.10. The maximum Gasteiger partial charge on any atom is 0.164 e. The molecule has 0 spiro atoms. The number of furan rings is 1. The quantitative estimate of drug-likeness (QED) is 0.194. The first-order valence-corrected chi connectivity index (χ1v) is 14.9. The number of hydrogen-bond donors (Lipinski definition) is 0. The molecule has 0 unspecified atom stereocenters. The van der Waals surface area contributed by atoms with Crippen LogP contribution in [0.25, 0.3) is 89.1 Å². The molecule has 0 aliphatic rings. The van der Waals surface area contributed by atoms with Crippen molar-refractivity contribution in [1.29, 1.82) is 0 Å². The highest BCUT2D eigenvalue weighted by Gasteiger charge is 2.15. The molecule has 0 saturated carbocycles. The second-order valence-electron chi connectivity index (χ2n) is 10.9. The Morgan fingerprint density at radius 1 is 0.426 bits per heavy atom. The van der Waals surface area contributed by atoms with Crippen molar-refractivity contribution >= 4 is 32.7 Å². The zero-order valence-electron chi connectivity index (χ0n) is 34.6. The Morgan fingerprint density at radius 3 is 1.72 bits per heavy atom. The largest absolute Gasteiger partial charge is 0.456 e. The standard InChI is InChI=1S/C43H27N3O/c1-3-10-28(11-4-1)32-22-23-34-27-35(25-24-33(34)26-32)43-45-41(30-12-5-2-6-13-30)44-42(46-43)31-20-18-29(19-21-31)36-15-9-17-39-40(36)37-14-7-8-16-38(37)47-39/h1-27H/i1D,2D,3D,4D,5D,6D,10D,11D,12D,13D. The van der Waals surface area contributed by atoms with E-state index < -0.39 is 48.3 Å². The lowest BCUT2D eigenvalue weighted by molar-refractivity contribution is 0.669. The molecule has 220 valence electrons. The van der Waals surface area contributed by atoms with Crippen LogP contribution in [0.5, 0.6) is 0 Å². The van der Waals surface area contributed by atoms with Gasteiger partial charge in [-0.15, -0.1) is 0 Å². The second-order valence-corrected chi connectivity index (χ2v) is 10.9. The van der Waals surface area contributed by atoms with Crippen LogP contribution in [0.2, 0.25) is 0 Å². The first-order valence-electron chi connectivity index (χ1n) is 19.9. The van der Waals surface area contributed by atoms with E-state index in [9.17, 15) is 0 Å². The summed E-state index contributed by atoms with van der Waals surface area (Å²) in [5.74, 6) is 0.316. The van der Waals surface area contributed by atoms with Gasteiger partial charge in [-0.25, -0.2) is 15.0 Å². The fourth-order valence-corrected chi connectivity index (χ4v) is 5.86. The van der Waals surface area contributed by atoms with Crippen LogP contribution in [0.15, 0.2) is 168 Å². The molecule has 0 amide bonds. The van der Waals surface area contributed by atoms with Gasteiger partial charge in [0.25, 0.3) is 0 Å². The van der Waals surface area contributed by atoms with Gasteiger partial charge in [0.05, 0.1) is 13.7 Å². The average Bonchev–Trinajstić information content (AvgIpc) is 3.62. The molecular formula is C43H27N3O. The van der Waals surface area contributed by atoms with Crippen molar-refractivity contribution < 1.29 is 18.1 Å². The van der Waals surface area contributed by atoms with Crippen LogP contribution in [0, 0.1) is 0 Å². The summed E-state index contributed by atoms with van der Waals surface area (Å²) in [7, 11) is 0. The SMILES string of the molecule is [2H]c1c([2H])c([2H])c(-c2ccc3cc(-c4nc(-c5ccc(-c6cccc7oc8ccccc8c67)cc5)nc(-c5c([2H])c([2H])c([2H])c([2H])c5[2H])n4)ccc3c2)c([2H])c1[2H]. The average molecular weight is 612 g/mol. The zero-order valence-corrected chi connectivity index (χ0v) is 24.6. The second kappa shape index (κ2) is 11.2. The molecule has 9 rings (SSSR count). The molecule has 9 aromatic rings. The zero-order chi connectivity index (χ0) is 39.9. The summed E-state index contributed by atoms with van der Waals surface area (Å²) < 4.78 is 89.2. The van der Waals surface area contributed by atoms with E-state index in [1.54, 1.807) is 30.3 Å². The summed E-state index contributed by atoms with van der Waals surface area (Å²) in [6, 6.07) is 27.7. The molecular weight excluding hydrogens is 574 g/mol. The summed E-state index contributed by atoms with van der Waals surface area (Å²) in [6.45, 7) is 0. The smallest absolute Gasteiger partial charge is 0.164 e. The van der Waals surface area contributed by atoms with Crippen molar-refractivity contribution in [3.63, 3.8) is 0 Å². The summed E-state index contributed by atoms with van der Waals surface area (Å²) in [6.07, 6.45) is 0. The maximum atomic E-state index is 8.68. The number of rotatable bonds is 5. The van der Waals surface area contributed by atoms with Gasteiger partial charge in [0.15, 0.2) is 17.5 Å². The molecule has 0 aliphatic carbocycles. The van der Waals surface area contributed by atoms with Crippen molar-refractivity contribution in [3.05, 3.63) is 164 Å². The van der Waals surface area contributed by atoms with Crippen molar-refractivity contribution in [3.8, 4) is 56.4 Å². The van der Waals surface area contributed by atoms with E-state index >= 15 is 0 Å². The number of aromatic nitrogens is 3. The maximum absolute atomic E-state index is 8.68. The lowest BCUT2D eigenvalue weighted by atomic mass is 9.98. The monoisotopic (exact) mass is 611 g/mol. The highest BCUT2D eigenvalue weighted by atomic mass is 16.3. The first kappa shape index (κ1) is 18.5.